The fourth-order valence-electron chi connectivity index (χ4n) is 13.4. The molecule has 3 atom stereocenters. The number of amides is 3. The topological polar surface area (TPSA) is 245 Å². The summed E-state index contributed by atoms with van der Waals surface area (Å²) in [6.45, 7) is 55.9. The summed E-state index contributed by atoms with van der Waals surface area (Å²) < 4.78 is 30.2. The number of halogens is 1. The van der Waals surface area contributed by atoms with Crippen molar-refractivity contribution in [2.75, 3.05) is 32.8 Å². The highest BCUT2D eigenvalue weighted by Gasteiger charge is 2.40. The number of benzene rings is 3. The molecule has 3 heterocycles. The van der Waals surface area contributed by atoms with Gasteiger partial charge in [0, 0.05) is 94.1 Å². The molecule has 644 valence electrons. The lowest BCUT2D eigenvalue weighted by Gasteiger charge is -2.31. The van der Waals surface area contributed by atoms with Crippen LogP contribution in [-0.2, 0) is 38.1 Å². The number of aliphatic carboxylic acids is 1. The summed E-state index contributed by atoms with van der Waals surface area (Å²) in [7, 11) is -1.49. The predicted octanol–water partition coefficient (Wildman–Crippen LogP) is 23.2. The van der Waals surface area contributed by atoms with Crippen molar-refractivity contribution in [3.63, 3.8) is 0 Å². The van der Waals surface area contributed by atoms with Crippen LogP contribution in [0.2, 0.25) is 4.34 Å². The average Bonchev–Trinajstić information content (AvgIpc) is 1.63. The van der Waals surface area contributed by atoms with Crippen LogP contribution >= 0.6 is 45.6 Å². The molecule has 0 saturated carbocycles. The SMILES string of the molecule is CC(C)C.CCCNC(=O)c1ccc(-c2sc(C)c(C(OC(C)(C)C)C(=O)O)c2C2=CCC(C)(C)CC2)cc1.CCCNC(=O)c1ccc(-c2sc(C)c(C(OC(C)(C)C)C(=O)OCC)c2C2=CCC(C)(C)CC2)cc1.CCCNC(=O)c1ccc(B(O)O)cc1.CCOC(=O)C(OC(C)(C)C)c1c(C)sc(Cl)c1C1=CCC(C)(C)CC1. The van der Waals surface area contributed by atoms with Crippen molar-refractivity contribution in [3.05, 3.63) is 160 Å². The molecule has 3 aromatic heterocycles. The van der Waals surface area contributed by atoms with Crippen molar-refractivity contribution in [1.29, 1.82) is 0 Å². The summed E-state index contributed by atoms with van der Waals surface area (Å²) in [5.74, 6) is -1.13. The second-order valence-electron chi connectivity index (χ2n) is 36.4. The first-order valence-corrected chi connectivity index (χ1v) is 44.6. The van der Waals surface area contributed by atoms with Crippen LogP contribution in [-0.4, -0.2) is 108 Å². The predicted molar refractivity (Wildman–Crippen MR) is 486 cm³/mol. The third-order valence-corrected chi connectivity index (χ3v) is 23.2. The molecular weight excluding hydrogens is 1550 g/mol. The third-order valence-electron chi connectivity index (χ3n) is 19.6. The molecule has 0 saturated heterocycles. The molecule has 3 amide bonds. The van der Waals surface area contributed by atoms with Crippen molar-refractivity contribution in [2.45, 2.75) is 292 Å². The summed E-state index contributed by atoms with van der Waals surface area (Å²) >= 11 is 11.4. The first-order chi connectivity index (χ1) is 54.5. The van der Waals surface area contributed by atoms with Gasteiger partial charge in [0.25, 0.3) is 17.7 Å². The molecule has 6 N–H and O–H groups in total. The van der Waals surface area contributed by atoms with Crippen molar-refractivity contribution in [2.24, 2.45) is 22.2 Å². The number of esters is 2. The molecule has 117 heavy (non-hydrogen) atoms. The Balaban J connectivity index is 0.000000284. The van der Waals surface area contributed by atoms with E-state index < -0.39 is 48.2 Å². The normalized spacial score (nSPS) is 15.7. The number of allylic oxidation sites excluding steroid dienone is 6. The maximum Gasteiger partial charge on any atom is 0.488 e. The van der Waals surface area contributed by atoms with E-state index in [0.29, 0.717) is 60.4 Å². The van der Waals surface area contributed by atoms with Crippen LogP contribution in [0.5, 0.6) is 0 Å². The molecule has 3 aliphatic rings. The zero-order valence-corrected chi connectivity index (χ0v) is 78.2. The molecule has 0 fully saturated rings. The number of carbonyl (C=O) groups excluding carboxylic acids is 5. The molecule has 3 aliphatic carbocycles. The highest BCUT2D eigenvalue weighted by molar-refractivity contribution is 7.17. The number of hydrogen-bond donors (Lipinski definition) is 6. The van der Waals surface area contributed by atoms with Crippen LogP contribution in [0.1, 0.15) is 334 Å². The summed E-state index contributed by atoms with van der Waals surface area (Å²) in [6, 6.07) is 21.6. The lowest BCUT2D eigenvalue weighted by molar-refractivity contribution is -0.167. The first-order valence-electron chi connectivity index (χ1n) is 41.8. The Labute approximate surface area is 717 Å². The molecule has 3 unspecified atom stereocenters. The van der Waals surface area contributed by atoms with Crippen LogP contribution in [0.4, 0.5) is 0 Å². The lowest BCUT2D eigenvalue weighted by atomic mass is 9.76. The first kappa shape index (κ1) is 101. The van der Waals surface area contributed by atoms with E-state index in [9.17, 15) is 33.9 Å². The van der Waals surface area contributed by atoms with Gasteiger partial charge in [0.2, 0.25) is 0 Å². The van der Waals surface area contributed by atoms with E-state index in [1.54, 1.807) is 34.8 Å². The molecule has 17 nitrogen and oxygen atoms in total. The van der Waals surface area contributed by atoms with E-state index in [4.69, 9.17) is 45.3 Å². The van der Waals surface area contributed by atoms with Crippen molar-refractivity contribution >= 4 is 111 Å². The van der Waals surface area contributed by atoms with Gasteiger partial charge in [-0.2, -0.15) is 0 Å². The number of aryl methyl sites for hydroxylation is 3. The van der Waals surface area contributed by atoms with Gasteiger partial charge in [-0.15, -0.1) is 34.0 Å². The monoisotopic (exact) mass is 1690 g/mol. The zero-order valence-electron chi connectivity index (χ0n) is 75.0. The van der Waals surface area contributed by atoms with Gasteiger partial charge >= 0.3 is 25.0 Å². The number of nitrogens with one attached hydrogen (secondary N) is 3. The van der Waals surface area contributed by atoms with E-state index in [2.05, 4.69) is 103 Å². The number of carboxylic acid groups (broad SMARTS) is 1. The van der Waals surface area contributed by atoms with Crippen molar-refractivity contribution in [1.82, 2.24) is 16.0 Å². The van der Waals surface area contributed by atoms with E-state index in [1.165, 1.54) is 40.2 Å². The maximum absolute atomic E-state index is 13.3. The fraction of sp³-hybridized carbons (Fsp3) is 0.558. The molecule has 22 heteroatoms. The van der Waals surface area contributed by atoms with E-state index >= 15 is 0 Å². The Bertz CT molecular complexity index is 4360. The minimum Gasteiger partial charge on any atom is -0.479 e. The number of carboxylic acids is 1. The van der Waals surface area contributed by atoms with Gasteiger partial charge < -0.3 is 54.8 Å². The van der Waals surface area contributed by atoms with Crippen LogP contribution in [0.3, 0.4) is 0 Å². The summed E-state index contributed by atoms with van der Waals surface area (Å²) in [4.78, 5) is 79.8. The molecule has 6 aromatic rings. The number of ether oxygens (including phenoxy) is 5. The zero-order chi connectivity index (χ0) is 87.9. The highest BCUT2D eigenvalue weighted by Crippen LogP contribution is 2.52. The van der Waals surface area contributed by atoms with Gasteiger partial charge in [-0.05, 0) is 266 Å². The molecule has 0 radical (unpaired) electrons. The van der Waals surface area contributed by atoms with Crippen molar-refractivity contribution < 1.29 is 67.6 Å². The average molecular weight is 1690 g/mol. The van der Waals surface area contributed by atoms with Gasteiger partial charge in [0.15, 0.2) is 18.3 Å². The van der Waals surface area contributed by atoms with Gasteiger partial charge in [-0.1, -0.05) is 149 Å². The Kier molecular flexibility index (Phi) is 38.7. The fourth-order valence-corrected chi connectivity index (χ4v) is 17.3. The summed E-state index contributed by atoms with van der Waals surface area (Å²) in [5, 5.41) is 36.5. The van der Waals surface area contributed by atoms with Gasteiger partial charge in [-0.3, -0.25) is 14.4 Å². The number of hydrogen-bond acceptors (Lipinski definition) is 16. The highest BCUT2D eigenvalue weighted by atomic mass is 35.5. The Hall–Kier alpha value is -7.05. The Morgan fingerprint density at radius 3 is 1.02 bits per heavy atom. The second-order valence-corrected chi connectivity index (χ2v) is 40.7. The summed E-state index contributed by atoms with van der Waals surface area (Å²) in [6.07, 6.45) is 15.9. The number of thiophene rings is 3. The van der Waals surface area contributed by atoms with Crippen LogP contribution in [0.25, 0.3) is 37.6 Å². The van der Waals surface area contributed by atoms with Gasteiger partial charge in [-0.25, -0.2) is 14.4 Å². The van der Waals surface area contributed by atoms with Crippen LogP contribution in [0, 0.1) is 42.9 Å². The quantitative estimate of drug-likeness (QED) is 0.0219. The summed E-state index contributed by atoms with van der Waals surface area (Å²) in [5.41, 5.74) is 12.6. The maximum atomic E-state index is 13.3. The molecular formula is C95H137BClN3O14S3. The molecule has 0 aliphatic heterocycles. The van der Waals surface area contributed by atoms with Gasteiger partial charge in [0.1, 0.15) is 4.34 Å². The van der Waals surface area contributed by atoms with Crippen LogP contribution < -0.4 is 21.4 Å². The Morgan fingerprint density at radius 1 is 0.462 bits per heavy atom. The van der Waals surface area contributed by atoms with Crippen LogP contribution in [0.15, 0.2) is 91.0 Å². The number of rotatable bonds is 26. The lowest BCUT2D eigenvalue weighted by Crippen LogP contribution is -2.30. The molecule has 9 rings (SSSR count). The molecule has 0 bridgehead atoms. The standard InChI is InChI=1S/C31H43NO4S.C29H39NO4S.C21H31ClO3S.C10H14BNO3.C4H10/c1-9-19-32-28(33)23-13-11-22(12-14-23)27-25(21-15-17-31(7,8)18-16-21)24(20(3)37-27)26(29(34)35-10-2)36-30(4,5)6;1-8-17-30-26(31)21-11-9-20(10-12-21)25-23(19-13-15-29(6,7)16-14-19)22(18(2)35-25)24(27(32)33)34-28(3,4)5;1-8-24-19(23)17(25-20(3,4)5)15-13(2)26-18(22)16(15)14-9-11-21(6,7)12-10-14;1-2-7-12-10(13)8-3-5-9(6-4-8)11(14)15;1-4(2)3/h11-15,26H,9-10,16-19H2,1-8H3,(H,32,33);9-13,24H,8,14-17H2,1-7H3,(H,30,31)(H,32,33);9,17H,8,10-12H2,1-7H3;3-6,14-15H,2,7H2,1H3,(H,12,13);4H,1-3H3. The molecule has 3 aromatic carbocycles. The minimum absolute atomic E-state index is 0.0603. The third kappa shape index (κ3) is 31.2. The molecule has 0 spiro atoms. The van der Waals surface area contributed by atoms with Gasteiger partial charge in [0.05, 0.1) is 30.0 Å². The number of carbonyl (C=O) groups is 6. The van der Waals surface area contributed by atoms with Crippen molar-refractivity contribution in [3.8, 4) is 20.9 Å². The van der Waals surface area contributed by atoms with E-state index in [1.807, 2.05) is 159 Å². The largest absolute Gasteiger partial charge is 0.488 e. The van der Waals surface area contributed by atoms with E-state index in [-0.39, 0.29) is 40.5 Å². The Morgan fingerprint density at radius 2 is 0.744 bits per heavy atom. The van der Waals surface area contributed by atoms with E-state index in [0.717, 1.165) is 156 Å². The smallest absolute Gasteiger partial charge is 0.479 e. The second kappa shape index (κ2) is 45.0. The minimum atomic E-state index is -1.49.